The second-order valence-corrected chi connectivity index (χ2v) is 8.13. The van der Waals surface area contributed by atoms with E-state index in [2.05, 4.69) is 0 Å². The fourth-order valence-electron chi connectivity index (χ4n) is 2.25. The number of halogens is 2. The van der Waals surface area contributed by atoms with Gasteiger partial charge in [0.15, 0.2) is 5.67 Å². The molecule has 0 aliphatic heterocycles. The number of benzene rings is 1. The Morgan fingerprint density at radius 1 is 1.18 bits per heavy atom. The standard InChI is InChI=1S/C12H11ClFNO5S2/c13-9-6-10(21(15,16)17)12(14,8-4-2-1-3-5-8)11(7-9)22(18,19)20/h1-7,10H,(H2,15,16,17)(H,18,19,20). The molecule has 0 heterocycles. The normalized spacial score (nSPS) is 26.3. The molecule has 6 nitrogen and oxygen atoms in total. The van der Waals surface area contributed by atoms with E-state index in [-0.39, 0.29) is 10.6 Å². The van der Waals surface area contributed by atoms with Crippen molar-refractivity contribution in [2.24, 2.45) is 5.14 Å². The molecule has 0 saturated heterocycles. The maximum Gasteiger partial charge on any atom is 0.294 e. The summed E-state index contributed by atoms with van der Waals surface area (Å²) in [6, 6.07) is 6.67. The highest BCUT2D eigenvalue weighted by molar-refractivity contribution is 7.91. The summed E-state index contributed by atoms with van der Waals surface area (Å²) in [7, 11) is -9.63. The van der Waals surface area contributed by atoms with Crippen LogP contribution < -0.4 is 5.14 Å². The molecule has 0 saturated carbocycles. The molecule has 2 unspecified atom stereocenters. The highest BCUT2D eigenvalue weighted by atomic mass is 35.5. The van der Waals surface area contributed by atoms with E-state index in [0.717, 1.165) is 6.08 Å². The lowest BCUT2D eigenvalue weighted by atomic mass is 9.88. The van der Waals surface area contributed by atoms with Gasteiger partial charge in [0.2, 0.25) is 10.0 Å². The molecule has 1 aromatic rings. The smallest absolute Gasteiger partial charge is 0.282 e. The third kappa shape index (κ3) is 2.95. The van der Waals surface area contributed by atoms with Gasteiger partial charge in [-0.3, -0.25) is 4.55 Å². The Morgan fingerprint density at radius 3 is 2.18 bits per heavy atom. The molecule has 2 atom stereocenters. The van der Waals surface area contributed by atoms with Crippen molar-refractivity contribution in [1.29, 1.82) is 0 Å². The number of alkyl halides is 1. The first-order valence-corrected chi connectivity index (χ1v) is 9.23. The summed E-state index contributed by atoms with van der Waals surface area (Å²) < 4.78 is 71.4. The van der Waals surface area contributed by atoms with Crippen LogP contribution in [0.15, 0.2) is 52.4 Å². The maximum absolute atomic E-state index is 15.6. The van der Waals surface area contributed by atoms with Crippen molar-refractivity contribution in [3.63, 3.8) is 0 Å². The van der Waals surface area contributed by atoms with Crippen LogP contribution in [0.25, 0.3) is 0 Å². The summed E-state index contributed by atoms with van der Waals surface area (Å²) >= 11 is 5.66. The van der Waals surface area contributed by atoms with E-state index < -0.39 is 36.0 Å². The average Bonchev–Trinajstić information content (AvgIpc) is 2.39. The van der Waals surface area contributed by atoms with E-state index in [1.165, 1.54) is 30.3 Å². The van der Waals surface area contributed by atoms with Crippen LogP contribution in [0.4, 0.5) is 4.39 Å². The molecule has 0 amide bonds. The summed E-state index contributed by atoms with van der Waals surface area (Å²) in [5.74, 6) is 0. The number of allylic oxidation sites excluding steroid dienone is 3. The average molecular weight is 368 g/mol. The molecular formula is C12H11ClFNO5S2. The molecule has 1 aliphatic carbocycles. The summed E-state index contributed by atoms with van der Waals surface area (Å²) in [4.78, 5) is -1.18. The van der Waals surface area contributed by atoms with Gasteiger partial charge in [0, 0.05) is 5.03 Å². The van der Waals surface area contributed by atoms with Crippen molar-refractivity contribution in [2.75, 3.05) is 0 Å². The number of rotatable bonds is 3. The minimum Gasteiger partial charge on any atom is -0.282 e. The molecule has 10 heteroatoms. The number of sulfonamides is 1. The monoisotopic (exact) mass is 367 g/mol. The molecule has 0 spiro atoms. The fraction of sp³-hybridized carbons (Fsp3) is 0.167. The number of primary sulfonamides is 1. The predicted octanol–water partition coefficient (Wildman–Crippen LogP) is 1.42. The third-order valence-corrected chi connectivity index (χ3v) is 5.53. The summed E-state index contributed by atoms with van der Waals surface area (Å²) in [6.45, 7) is 0. The topological polar surface area (TPSA) is 115 Å². The maximum atomic E-state index is 15.6. The largest absolute Gasteiger partial charge is 0.294 e. The lowest BCUT2D eigenvalue weighted by molar-refractivity contribution is 0.227. The van der Waals surface area contributed by atoms with E-state index in [1.807, 2.05) is 0 Å². The molecule has 22 heavy (non-hydrogen) atoms. The van der Waals surface area contributed by atoms with Gasteiger partial charge in [-0.25, -0.2) is 17.9 Å². The Hall–Kier alpha value is -1.26. The van der Waals surface area contributed by atoms with Gasteiger partial charge in [-0.15, -0.1) is 0 Å². The minimum atomic E-state index is -5.07. The molecule has 3 N–H and O–H groups in total. The zero-order chi connectivity index (χ0) is 16.8. The van der Waals surface area contributed by atoms with Crippen LogP contribution in [0.1, 0.15) is 5.56 Å². The zero-order valence-corrected chi connectivity index (χ0v) is 13.2. The third-order valence-electron chi connectivity index (χ3n) is 3.16. The first-order valence-electron chi connectivity index (χ1n) is 5.80. The van der Waals surface area contributed by atoms with Crippen molar-refractivity contribution in [3.8, 4) is 0 Å². The van der Waals surface area contributed by atoms with Crippen LogP contribution in [0.3, 0.4) is 0 Å². The number of nitrogens with two attached hydrogens (primary N) is 1. The molecule has 2 rings (SSSR count). The molecule has 0 aromatic heterocycles. The first kappa shape index (κ1) is 17.1. The number of hydrogen-bond donors (Lipinski definition) is 2. The highest BCUT2D eigenvalue weighted by Gasteiger charge is 2.54. The van der Waals surface area contributed by atoms with Gasteiger partial charge in [0.25, 0.3) is 10.1 Å². The molecule has 0 fully saturated rings. The highest BCUT2D eigenvalue weighted by Crippen LogP contribution is 2.46. The van der Waals surface area contributed by atoms with Crippen molar-refractivity contribution in [2.45, 2.75) is 10.9 Å². The molecule has 1 aliphatic rings. The number of hydrogen-bond acceptors (Lipinski definition) is 4. The quantitative estimate of drug-likeness (QED) is 0.784. The Labute approximate surface area is 131 Å². The Bertz CT molecular complexity index is 864. The minimum absolute atomic E-state index is 0.293. The lowest BCUT2D eigenvalue weighted by Gasteiger charge is -2.34. The molecule has 120 valence electrons. The van der Waals surface area contributed by atoms with Crippen molar-refractivity contribution in [3.05, 3.63) is 58.0 Å². The fourth-order valence-corrected chi connectivity index (χ4v) is 4.65. The van der Waals surface area contributed by atoms with Crippen LogP contribution >= 0.6 is 11.6 Å². The molecule has 0 radical (unpaired) electrons. The van der Waals surface area contributed by atoms with Crippen LogP contribution in [0, 0.1) is 0 Å². The van der Waals surface area contributed by atoms with Crippen LogP contribution in [0.5, 0.6) is 0 Å². The SMILES string of the molecule is NS(=O)(=O)C1C=C(Cl)C=C(S(=O)(=O)O)C1(F)c1ccccc1. The van der Waals surface area contributed by atoms with Crippen molar-refractivity contribution < 1.29 is 25.8 Å². The van der Waals surface area contributed by atoms with Crippen LogP contribution in [0.2, 0.25) is 0 Å². The Morgan fingerprint density at radius 2 is 1.73 bits per heavy atom. The lowest BCUT2D eigenvalue weighted by Crippen LogP contribution is -2.47. The van der Waals surface area contributed by atoms with Gasteiger partial charge < -0.3 is 0 Å². The van der Waals surface area contributed by atoms with E-state index in [9.17, 15) is 21.4 Å². The van der Waals surface area contributed by atoms with Crippen molar-refractivity contribution in [1.82, 2.24) is 0 Å². The van der Waals surface area contributed by atoms with Gasteiger partial charge in [-0.2, -0.15) is 8.42 Å². The van der Waals surface area contributed by atoms with Crippen LogP contribution in [-0.2, 0) is 25.8 Å². The van der Waals surface area contributed by atoms with Gasteiger partial charge in [0.05, 0.1) is 0 Å². The van der Waals surface area contributed by atoms with Gasteiger partial charge in [-0.1, -0.05) is 41.9 Å². The zero-order valence-electron chi connectivity index (χ0n) is 10.8. The molecule has 0 bridgehead atoms. The van der Waals surface area contributed by atoms with E-state index >= 15 is 4.39 Å². The summed E-state index contributed by atoms with van der Waals surface area (Å²) in [5.41, 5.74) is -3.39. The van der Waals surface area contributed by atoms with E-state index in [0.29, 0.717) is 6.08 Å². The summed E-state index contributed by atoms with van der Waals surface area (Å²) in [6.07, 6.45) is 1.45. The van der Waals surface area contributed by atoms with Gasteiger partial charge in [-0.05, 0) is 17.7 Å². The first-order chi connectivity index (χ1) is 9.97. The second-order valence-electron chi connectivity index (χ2n) is 4.62. The van der Waals surface area contributed by atoms with Gasteiger partial charge >= 0.3 is 0 Å². The Kier molecular flexibility index (Phi) is 4.22. The van der Waals surface area contributed by atoms with E-state index in [1.54, 1.807) is 0 Å². The summed E-state index contributed by atoms with van der Waals surface area (Å²) in [5, 5.41) is 2.55. The van der Waals surface area contributed by atoms with Gasteiger partial charge in [0.1, 0.15) is 10.2 Å². The molecular weight excluding hydrogens is 357 g/mol. The van der Waals surface area contributed by atoms with Crippen LogP contribution in [-0.4, -0.2) is 26.6 Å². The van der Waals surface area contributed by atoms with Crippen molar-refractivity contribution >= 4 is 31.7 Å². The predicted molar refractivity (Wildman–Crippen MR) is 79.7 cm³/mol. The Balaban J connectivity index is 2.86. The van der Waals surface area contributed by atoms with E-state index in [4.69, 9.17) is 16.7 Å². The second kappa shape index (κ2) is 5.43. The molecule has 1 aromatic carbocycles.